The summed E-state index contributed by atoms with van der Waals surface area (Å²) in [6.45, 7) is 10.5. The van der Waals surface area contributed by atoms with Crippen LogP contribution in [0.4, 0.5) is 0 Å². The molecule has 5 aromatic rings. The van der Waals surface area contributed by atoms with Gasteiger partial charge < -0.3 is 14.7 Å². The maximum absolute atomic E-state index is 12.7. The van der Waals surface area contributed by atoms with Crippen LogP contribution in [0.15, 0.2) is 48.5 Å². The molecule has 2 atom stereocenters. The van der Waals surface area contributed by atoms with Gasteiger partial charge in [0.05, 0.1) is 27.0 Å². The fourth-order valence-electron chi connectivity index (χ4n) is 6.16. The van der Waals surface area contributed by atoms with Crippen molar-refractivity contribution < 1.29 is 19.4 Å². The molecule has 1 aliphatic rings. The first-order valence-electron chi connectivity index (χ1n) is 14.6. The van der Waals surface area contributed by atoms with E-state index in [1.807, 2.05) is 74.7 Å². The lowest BCUT2D eigenvalue weighted by atomic mass is 9.91. The molecule has 228 valence electrons. The first-order chi connectivity index (χ1) is 20.8. The SMILES string of the molecule is CC(=O)N1CCC(c2nn(C)c3ccc(-c4nc5cc(C)c(C(OC(C)(C)C)C(=O)O)c(-c6ccc(Cl)cc6)c5s4)cc23)C1. The summed E-state index contributed by atoms with van der Waals surface area (Å²) in [4.78, 5) is 31.6. The third-order valence-electron chi connectivity index (χ3n) is 8.16. The topological polar surface area (TPSA) is 97.5 Å². The Labute approximate surface area is 265 Å². The molecule has 6 rings (SSSR count). The molecule has 1 amide bonds. The van der Waals surface area contributed by atoms with Crippen LogP contribution in [-0.2, 0) is 21.4 Å². The zero-order valence-electron chi connectivity index (χ0n) is 25.6. The van der Waals surface area contributed by atoms with Crippen molar-refractivity contribution in [2.45, 2.75) is 58.7 Å². The molecular formula is C34H35ClN4O4S. The predicted molar refractivity (Wildman–Crippen MR) is 175 cm³/mol. The minimum Gasteiger partial charge on any atom is -0.479 e. The van der Waals surface area contributed by atoms with Gasteiger partial charge in [-0.2, -0.15) is 5.10 Å². The maximum Gasteiger partial charge on any atom is 0.337 e. The number of amides is 1. The standard InChI is InChI=1S/C34H35ClN4O4S/c1-18-15-25-31(28(20-7-10-23(35)11-8-20)27(18)30(33(41)42)43-34(3,4)5)44-32(36-25)21-9-12-26-24(16-21)29(37-38(26)6)22-13-14-39(17-22)19(2)40/h7-12,15-16,22,30H,13-14,17H2,1-6H3,(H,41,42). The fraction of sp³-hybridized carbons (Fsp3) is 0.353. The molecular weight excluding hydrogens is 596 g/mol. The van der Waals surface area contributed by atoms with Gasteiger partial charge in [0.1, 0.15) is 5.01 Å². The minimum absolute atomic E-state index is 0.0899. The average Bonchev–Trinajstić information content (AvgIpc) is 3.68. The van der Waals surface area contributed by atoms with Gasteiger partial charge in [-0.15, -0.1) is 11.3 Å². The van der Waals surface area contributed by atoms with Gasteiger partial charge in [-0.1, -0.05) is 23.7 Å². The van der Waals surface area contributed by atoms with Crippen LogP contribution in [0.5, 0.6) is 0 Å². The summed E-state index contributed by atoms with van der Waals surface area (Å²) >= 11 is 7.78. The molecule has 2 unspecified atom stereocenters. The first kappa shape index (κ1) is 30.2. The number of carbonyl (C=O) groups excluding carboxylic acids is 1. The molecule has 3 aromatic carbocycles. The number of carbonyl (C=O) groups is 2. The van der Waals surface area contributed by atoms with Crippen molar-refractivity contribution in [3.8, 4) is 21.7 Å². The Morgan fingerprint density at radius 2 is 1.82 bits per heavy atom. The Bertz CT molecular complexity index is 1920. The number of rotatable bonds is 6. The summed E-state index contributed by atoms with van der Waals surface area (Å²) in [7, 11) is 1.95. The Morgan fingerprint density at radius 1 is 1.11 bits per heavy atom. The van der Waals surface area contributed by atoms with Gasteiger partial charge in [-0.25, -0.2) is 9.78 Å². The third-order valence-corrected chi connectivity index (χ3v) is 9.55. The lowest BCUT2D eigenvalue weighted by molar-refractivity contribution is -0.160. The van der Waals surface area contributed by atoms with Crippen molar-refractivity contribution >= 4 is 55.9 Å². The Kier molecular flexibility index (Phi) is 7.76. The smallest absolute Gasteiger partial charge is 0.337 e. The number of likely N-dealkylation sites (tertiary alicyclic amines) is 1. The van der Waals surface area contributed by atoms with E-state index in [-0.39, 0.29) is 11.8 Å². The molecule has 1 saturated heterocycles. The summed E-state index contributed by atoms with van der Waals surface area (Å²) in [5, 5.41) is 17.7. The molecule has 1 fully saturated rings. The second kappa shape index (κ2) is 11.3. The van der Waals surface area contributed by atoms with Gasteiger partial charge >= 0.3 is 5.97 Å². The van der Waals surface area contributed by atoms with Crippen molar-refractivity contribution in [3.63, 3.8) is 0 Å². The zero-order valence-corrected chi connectivity index (χ0v) is 27.2. The number of aromatic nitrogens is 3. The van der Waals surface area contributed by atoms with Gasteiger partial charge in [-0.3, -0.25) is 9.48 Å². The van der Waals surface area contributed by atoms with Crippen LogP contribution in [0.25, 0.3) is 42.8 Å². The van der Waals surface area contributed by atoms with E-state index in [0.717, 1.165) is 67.0 Å². The van der Waals surface area contributed by atoms with E-state index >= 15 is 0 Å². The van der Waals surface area contributed by atoms with E-state index < -0.39 is 17.7 Å². The molecule has 0 bridgehead atoms. The number of ether oxygens (including phenoxy) is 1. The number of aliphatic carboxylic acids is 1. The van der Waals surface area contributed by atoms with Crippen molar-refractivity contribution in [3.05, 3.63) is 70.4 Å². The van der Waals surface area contributed by atoms with Crippen molar-refractivity contribution in [1.29, 1.82) is 0 Å². The van der Waals surface area contributed by atoms with Crippen LogP contribution in [0.2, 0.25) is 5.02 Å². The van der Waals surface area contributed by atoms with Crippen LogP contribution < -0.4 is 0 Å². The highest BCUT2D eigenvalue weighted by Gasteiger charge is 2.33. The molecule has 2 aromatic heterocycles. The van der Waals surface area contributed by atoms with Crippen LogP contribution in [0.1, 0.15) is 63.0 Å². The summed E-state index contributed by atoms with van der Waals surface area (Å²) in [5.41, 5.74) is 6.11. The Morgan fingerprint density at radius 3 is 2.45 bits per heavy atom. The number of fused-ring (bicyclic) bond motifs is 2. The lowest BCUT2D eigenvalue weighted by Gasteiger charge is -2.28. The summed E-state index contributed by atoms with van der Waals surface area (Å²) in [6, 6.07) is 15.7. The molecule has 8 nitrogen and oxygen atoms in total. The minimum atomic E-state index is -1.18. The molecule has 10 heteroatoms. The van der Waals surface area contributed by atoms with Crippen LogP contribution in [-0.4, -0.2) is 55.3 Å². The molecule has 3 heterocycles. The summed E-state index contributed by atoms with van der Waals surface area (Å²) in [5.74, 6) is -0.787. The average molecular weight is 631 g/mol. The first-order valence-corrected chi connectivity index (χ1v) is 15.8. The number of aryl methyl sites for hydroxylation is 2. The zero-order chi connectivity index (χ0) is 31.5. The number of nitrogens with zero attached hydrogens (tertiary/aromatic N) is 4. The number of carboxylic acid groups (broad SMARTS) is 1. The quantitative estimate of drug-likeness (QED) is 0.206. The number of hydrogen-bond acceptors (Lipinski definition) is 6. The van der Waals surface area contributed by atoms with E-state index in [4.69, 9.17) is 26.4 Å². The number of benzene rings is 3. The van der Waals surface area contributed by atoms with Gasteiger partial charge in [0.2, 0.25) is 5.91 Å². The number of hydrogen-bond donors (Lipinski definition) is 1. The van der Waals surface area contributed by atoms with E-state index in [0.29, 0.717) is 17.1 Å². The second-order valence-corrected chi connectivity index (χ2v) is 13.9. The maximum atomic E-state index is 12.7. The summed E-state index contributed by atoms with van der Waals surface area (Å²) < 4.78 is 8.93. The highest BCUT2D eigenvalue weighted by Crippen LogP contribution is 2.45. The van der Waals surface area contributed by atoms with Crippen LogP contribution in [0.3, 0.4) is 0 Å². The van der Waals surface area contributed by atoms with E-state index in [2.05, 4.69) is 18.2 Å². The van der Waals surface area contributed by atoms with E-state index in [9.17, 15) is 14.7 Å². The molecule has 1 N–H and O–H groups in total. The highest BCUT2D eigenvalue weighted by atomic mass is 35.5. The van der Waals surface area contributed by atoms with E-state index in [1.54, 1.807) is 6.92 Å². The number of carboxylic acids is 1. The summed E-state index contributed by atoms with van der Waals surface area (Å²) in [6.07, 6.45) is -0.295. The van der Waals surface area contributed by atoms with E-state index in [1.165, 1.54) is 11.3 Å². The number of thiazole rings is 1. The highest BCUT2D eigenvalue weighted by molar-refractivity contribution is 7.22. The monoisotopic (exact) mass is 630 g/mol. The number of halogens is 1. The molecule has 44 heavy (non-hydrogen) atoms. The van der Waals surface area contributed by atoms with Gasteiger partial charge in [0.25, 0.3) is 0 Å². The Balaban J connectivity index is 1.53. The molecule has 0 aliphatic carbocycles. The molecule has 0 spiro atoms. The Hall–Kier alpha value is -3.79. The van der Waals surface area contributed by atoms with Gasteiger partial charge in [-0.05, 0) is 81.6 Å². The van der Waals surface area contributed by atoms with Gasteiger partial charge in [0.15, 0.2) is 6.10 Å². The molecule has 0 saturated carbocycles. The van der Waals surface area contributed by atoms with Crippen LogP contribution in [0, 0.1) is 6.92 Å². The second-order valence-electron chi connectivity index (χ2n) is 12.5. The third kappa shape index (κ3) is 5.60. The largest absolute Gasteiger partial charge is 0.479 e. The van der Waals surface area contributed by atoms with Crippen LogP contribution >= 0.6 is 22.9 Å². The predicted octanol–water partition coefficient (Wildman–Crippen LogP) is 7.76. The van der Waals surface area contributed by atoms with Gasteiger partial charge in [0, 0.05) is 60.1 Å². The van der Waals surface area contributed by atoms with Crippen molar-refractivity contribution in [2.24, 2.45) is 7.05 Å². The van der Waals surface area contributed by atoms with Crippen molar-refractivity contribution in [1.82, 2.24) is 19.7 Å². The normalized spacial score (nSPS) is 16.2. The molecule has 0 radical (unpaired) electrons. The lowest BCUT2D eigenvalue weighted by Crippen LogP contribution is -2.28. The van der Waals surface area contributed by atoms with Crippen molar-refractivity contribution in [2.75, 3.05) is 13.1 Å². The molecule has 1 aliphatic heterocycles. The fourth-order valence-corrected chi connectivity index (χ4v) is 7.41.